The molecule has 0 spiro atoms. The third-order valence-electron chi connectivity index (χ3n) is 2.04. The SMILES string of the molecule is CCOC(=O)C1=CSC2CCNN12. The molecule has 0 aromatic heterocycles. The Hall–Kier alpha value is -0.680. The number of esters is 1. The van der Waals surface area contributed by atoms with Gasteiger partial charge in [-0.15, -0.1) is 11.8 Å². The van der Waals surface area contributed by atoms with E-state index < -0.39 is 0 Å². The number of hydrogen-bond donors (Lipinski definition) is 1. The zero-order valence-electron chi connectivity index (χ0n) is 7.45. The molecule has 0 aromatic carbocycles. The minimum atomic E-state index is -0.230. The molecule has 2 aliphatic heterocycles. The summed E-state index contributed by atoms with van der Waals surface area (Å²) in [6, 6.07) is 0. The fourth-order valence-corrected chi connectivity index (χ4v) is 2.52. The molecule has 1 fully saturated rings. The van der Waals surface area contributed by atoms with Gasteiger partial charge in [0.25, 0.3) is 0 Å². The molecule has 0 saturated carbocycles. The lowest BCUT2D eigenvalue weighted by molar-refractivity contribution is -0.140. The lowest BCUT2D eigenvalue weighted by Crippen LogP contribution is -2.35. The van der Waals surface area contributed by atoms with E-state index in [1.165, 1.54) is 0 Å². The van der Waals surface area contributed by atoms with Crippen LogP contribution in [0, 0.1) is 0 Å². The molecular weight excluding hydrogens is 188 g/mol. The van der Waals surface area contributed by atoms with E-state index in [1.54, 1.807) is 11.8 Å². The number of hydrazine groups is 1. The van der Waals surface area contributed by atoms with Gasteiger partial charge in [0, 0.05) is 12.0 Å². The Morgan fingerprint density at radius 2 is 2.77 bits per heavy atom. The molecule has 2 heterocycles. The van der Waals surface area contributed by atoms with Crippen molar-refractivity contribution in [3.63, 3.8) is 0 Å². The van der Waals surface area contributed by atoms with Gasteiger partial charge in [-0.2, -0.15) is 0 Å². The molecule has 0 bridgehead atoms. The maximum atomic E-state index is 11.4. The summed E-state index contributed by atoms with van der Waals surface area (Å²) in [5.41, 5.74) is 3.80. The summed E-state index contributed by atoms with van der Waals surface area (Å²) >= 11 is 1.68. The largest absolute Gasteiger partial charge is 0.461 e. The molecule has 5 heteroatoms. The van der Waals surface area contributed by atoms with Gasteiger partial charge in [0.2, 0.25) is 0 Å². The van der Waals surface area contributed by atoms with Gasteiger partial charge in [-0.3, -0.25) is 5.01 Å². The highest BCUT2D eigenvalue weighted by molar-refractivity contribution is 8.03. The summed E-state index contributed by atoms with van der Waals surface area (Å²) in [5, 5.41) is 4.16. The van der Waals surface area contributed by atoms with Gasteiger partial charge in [0.1, 0.15) is 5.70 Å². The fourth-order valence-electron chi connectivity index (χ4n) is 1.46. The number of nitrogens with one attached hydrogen (secondary N) is 1. The van der Waals surface area contributed by atoms with E-state index in [1.807, 2.05) is 17.3 Å². The Labute approximate surface area is 81.3 Å². The quantitative estimate of drug-likeness (QED) is 0.664. The lowest BCUT2D eigenvalue weighted by atomic mass is 10.4. The standard InChI is InChI=1S/C8H12N2O2S/c1-2-12-8(11)6-5-13-7-3-4-9-10(6)7/h5,7,9H,2-4H2,1H3. The lowest BCUT2D eigenvalue weighted by Gasteiger charge is -2.19. The minimum absolute atomic E-state index is 0.230. The summed E-state index contributed by atoms with van der Waals surface area (Å²) < 4.78 is 4.93. The monoisotopic (exact) mass is 200 g/mol. The van der Waals surface area contributed by atoms with Crippen LogP contribution in [0.25, 0.3) is 0 Å². The van der Waals surface area contributed by atoms with Gasteiger partial charge in [0.05, 0.1) is 12.0 Å². The van der Waals surface area contributed by atoms with Crippen LogP contribution in [0.4, 0.5) is 0 Å². The molecule has 0 aromatic rings. The van der Waals surface area contributed by atoms with Crippen molar-refractivity contribution in [2.45, 2.75) is 18.7 Å². The smallest absolute Gasteiger partial charge is 0.356 e. The van der Waals surface area contributed by atoms with Gasteiger partial charge in [-0.25, -0.2) is 10.2 Å². The summed E-state index contributed by atoms with van der Waals surface area (Å²) in [4.78, 5) is 11.4. The van der Waals surface area contributed by atoms with Crippen molar-refractivity contribution in [2.75, 3.05) is 13.2 Å². The highest BCUT2D eigenvalue weighted by Gasteiger charge is 2.35. The van der Waals surface area contributed by atoms with Gasteiger partial charge in [-0.1, -0.05) is 0 Å². The number of nitrogens with zero attached hydrogens (tertiary/aromatic N) is 1. The van der Waals surface area contributed by atoms with Crippen LogP contribution in [0.3, 0.4) is 0 Å². The first-order chi connectivity index (χ1) is 6.33. The van der Waals surface area contributed by atoms with E-state index in [0.717, 1.165) is 13.0 Å². The van der Waals surface area contributed by atoms with Crippen molar-refractivity contribution in [3.8, 4) is 0 Å². The van der Waals surface area contributed by atoms with Crippen molar-refractivity contribution >= 4 is 17.7 Å². The molecule has 0 amide bonds. The van der Waals surface area contributed by atoms with Crippen LogP contribution in [-0.2, 0) is 9.53 Å². The van der Waals surface area contributed by atoms with Crippen LogP contribution < -0.4 is 5.43 Å². The molecule has 4 nitrogen and oxygen atoms in total. The second kappa shape index (κ2) is 3.59. The molecule has 2 aliphatic rings. The van der Waals surface area contributed by atoms with Crippen LogP contribution in [0.2, 0.25) is 0 Å². The predicted octanol–water partition coefficient (Wildman–Crippen LogP) is 0.674. The third kappa shape index (κ3) is 1.53. The molecule has 1 unspecified atom stereocenters. The Morgan fingerprint density at radius 1 is 1.92 bits per heavy atom. The number of hydrogen-bond acceptors (Lipinski definition) is 5. The van der Waals surface area contributed by atoms with Crippen LogP contribution in [0.1, 0.15) is 13.3 Å². The Kier molecular flexibility index (Phi) is 2.46. The first kappa shape index (κ1) is 8.90. The topological polar surface area (TPSA) is 41.6 Å². The second-order valence-electron chi connectivity index (χ2n) is 2.88. The van der Waals surface area contributed by atoms with Gasteiger partial charge < -0.3 is 4.74 Å². The Morgan fingerprint density at radius 3 is 3.54 bits per heavy atom. The summed E-state index contributed by atoms with van der Waals surface area (Å²) in [6.45, 7) is 3.18. The number of carbonyl (C=O) groups excluding carboxylic acids is 1. The average molecular weight is 200 g/mol. The Balaban J connectivity index is 2.03. The highest BCUT2D eigenvalue weighted by atomic mass is 32.2. The van der Waals surface area contributed by atoms with Crippen LogP contribution in [-0.4, -0.2) is 29.5 Å². The average Bonchev–Trinajstić information content (AvgIpc) is 2.62. The number of ether oxygens (including phenoxy) is 1. The number of thioether (sulfide) groups is 1. The number of fused-ring (bicyclic) bond motifs is 1. The molecule has 13 heavy (non-hydrogen) atoms. The van der Waals surface area contributed by atoms with Gasteiger partial charge >= 0.3 is 5.97 Å². The van der Waals surface area contributed by atoms with Gasteiger partial charge in [0.15, 0.2) is 0 Å². The number of rotatable bonds is 2. The van der Waals surface area contributed by atoms with E-state index in [0.29, 0.717) is 17.7 Å². The molecule has 0 aliphatic carbocycles. The zero-order valence-corrected chi connectivity index (χ0v) is 8.26. The number of carbonyl (C=O) groups is 1. The van der Waals surface area contributed by atoms with Crippen LogP contribution >= 0.6 is 11.8 Å². The third-order valence-corrected chi connectivity index (χ3v) is 3.16. The van der Waals surface area contributed by atoms with E-state index in [9.17, 15) is 4.79 Å². The highest BCUT2D eigenvalue weighted by Crippen LogP contribution is 2.34. The summed E-state index contributed by atoms with van der Waals surface area (Å²) in [5.74, 6) is -0.230. The van der Waals surface area contributed by atoms with E-state index >= 15 is 0 Å². The first-order valence-electron chi connectivity index (χ1n) is 4.38. The van der Waals surface area contributed by atoms with Crippen molar-refractivity contribution in [3.05, 3.63) is 11.1 Å². The van der Waals surface area contributed by atoms with E-state index in [2.05, 4.69) is 5.43 Å². The van der Waals surface area contributed by atoms with Crippen molar-refractivity contribution in [1.29, 1.82) is 0 Å². The molecule has 1 N–H and O–H groups in total. The molecule has 1 saturated heterocycles. The van der Waals surface area contributed by atoms with Crippen LogP contribution in [0.5, 0.6) is 0 Å². The molecular formula is C8H12N2O2S. The van der Waals surface area contributed by atoms with Crippen LogP contribution in [0.15, 0.2) is 11.1 Å². The maximum Gasteiger partial charge on any atom is 0.356 e. The summed E-state index contributed by atoms with van der Waals surface area (Å²) in [7, 11) is 0. The molecule has 0 radical (unpaired) electrons. The van der Waals surface area contributed by atoms with Crippen molar-refractivity contribution in [1.82, 2.24) is 10.4 Å². The fraction of sp³-hybridized carbons (Fsp3) is 0.625. The van der Waals surface area contributed by atoms with E-state index in [-0.39, 0.29) is 5.97 Å². The molecule has 1 atom stereocenters. The van der Waals surface area contributed by atoms with Crippen molar-refractivity contribution in [2.24, 2.45) is 0 Å². The zero-order chi connectivity index (χ0) is 9.26. The normalized spacial score (nSPS) is 25.8. The van der Waals surface area contributed by atoms with Crippen molar-refractivity contribution < 1.29 is 9.53 Å². The molecule has 72 valence electrons. The maximum absolute atomic E-state index is 11.4. The van der Waals surface area contributed by atoms with Gasteiger partial charge in [-0.05, 0) is 13.3 Å². The second-order valence-corrected chi connectivity index (χ2v) is 3.93. The summed E-state index contributed by atoms with van der Waals surface area (Å²) in [6.07, 6.45) is 1.07. The predicted molar refractivity (Wildman–Crippen MR) is 50.6 cm³/mol. The minimum Gasteiger partial charge on any atom is -0.461 e. The first-order valence-corrected chi connectivity index (χ1v) is 5.32. The Bertz CT molecular complexity index is 255. The van der Waals surface area contributed by atoms with E-state index in [4.69, 9.17) is 4.74 Å². The molecule has 2 rings (SSSR count).